The van der Waals surface area contributed by atoms with Crippen LogP contribution in [0.25, 0.3) is 65.7 Å². The number of benzene rings is 7. The van der Waals surface area contributed by atoms with E-state index in [-0.39, 0.29) is 10.8 Å². The molecule has 2 heteroatoms. The molecule has 2 aromatic heterocycles. The van der Waals surface area contributed by atoms with E-state index in [1.165, 1.54) is 87.6 Å². The van der Waals surface area contributed by atoms with Crippen LogP contribution >= 0.6 is 0 Å². The van der Waals surface area contributed by atoms with E-state index >= 15 is 0 Å². The normalized spacial score (nSPS) is 16.0. The first kappa shape index (κ1) is 30.8. The van der Waals surface area contributed by atoms with Crippen LogP contribution in [0.2, 0.25) is 0 Å². The molecule has 1 unspecified atom stereocenters. The number of nitrogens with zero attached hydrogens (tertiary/aromatic N) is 2. The second-order valence-electron chi connectivity index (χ2n) is 15.9. The first-order valence-corrected chi connectivity index (χ1v) is 18.4. The van der Waals surface area contributed by atoms with E-state index in [4.69, 9.17) is 0 Å². The third-order valence-electron chi connectivity index (χ3n) is 11.7. The fraction of sp³-hybridized carbons (Fsp3) is 0.140. The second-order valence-corrected chi connectivity index (χ2v) is 15.9. The Labute approximate surface area is 304 Å². The minimum Gasteiger partial charge on any atom is -0.309 e. The highest BCUT2D eigenvalue weighted by Gasteiger charge is 2.37. The Morgan fingerprint density at radius 1 is 0.596 bits per heavy atom. The fourth-order valence-electron chi connectivity index (χ4n) is 8.94. The number of para-hydroxylation sites is 2. The molecule has 0 saturated heterocycles. The predicted octanol–water partition coefficient (Wildman–Crippen LogP) is 12.1. The Morgan fingerprint density at radius 2 is 1.31 bits per heavy atom. The zero-order valence-electron chi connectivity index (χ0n) is 30.1. The molecule has 52 heavy (non-hydrogen) atoms. The van der Waals surface area contributed by atoms with E-state index in [1.54, 1.807) is 0 Å². The average molecular weight is 669 g/mol. The molecule has 0 bridgehead atoms. The maximum absolute atomic E-state index is 4.37. The van der Waals surface area contributed by atoms with Crippen molar-refractivity contribution in [2.24, 2.45) is 0 Å². The van der Waals surface area contributed by atoms with Crippen LogP contribution in [0, 0.1) is 0 Å². The summed E-state index contributed by atoms with van der Waals surface area (Å²) in [4.78, 5) is 4.37. The van der Waals surface area contributed by atoms with Crippen LogP contribution in [0.3, 0.4) is 0 Å². The van der Waals surface area contributed by atoms with Gasteiger partial charge in [0.15, 0.2) is 0 Å². The molecule has 0 fully saturated rings. The Kier molecular flexibility index (Phi) is 6.67. The number of rotatable bonds is 4. The van der Waals surface area contributed by atoms with Gasteiger partial charge in [0, 0.05) is 34.3 Å². The molecule has 0 amide bonds. The zero-order chi connectivity index (χ0) is 35.2. The van der Waals surface area contributed by atoms with Gasteiger partial charge in [-0.2, -0.15) is 0 Å². The molecule has 1 atom stereocenters. The minimum absolute atomic E-state index is 0.0641. The molecular weight excluding hydrogens is 629 g/mol. The summed E-state index contributed by atoms with van der Waals surface area (Å²) in [7, 11) is 0. The van der Waals surface area contributed by atoms with Gasteiger partial charge in [0.25, 0.3) is 0 Å². The number of pyridine rings is 1. The highest BCUT2D eigenvalue weighted by atomic mass is 15.0. The third-order valence-corrected chi connectivity index (χ3v) is 11.7. The van der Waals surface area contributed by atoms with Crippen molar-refractivity contribution < 1.29 is 0 Å². The topological polar surface area (TPSA) is 17.8 Å². The maximum Gasteiger partial charge on any atom is 0.0541 e. The van der Waals surface area contributed by atoms with Gasteiger partial charge >= 0.3 is 0 Å². The Balaban J connectivity index is 1.24. The summed E-state index contributed by atoms with van der Waals surface area (Å²) in [5, 5.41) is 9.33. The summed E-state index contributed by atoms with van der Waals surface area (Å²) in [6.45, 7) is 9.41. The van der Waals surface area contributed by atoms with E-state index in [0.29, 0.717) is 0 Å². The van der Waals surface area contributed by atoms with Crippen molar-refractivity contribution in [1.29, 1.82) is 0 Å². The molecule has 0 spiro atoms. The maximum atomic E-state index is 4.37. The van der Waals surface area contributed by atoms with Crippen molar-refractivity contribution in [3.05, 3.63) is 185 Å². The molecular formula is C50H40N2. The number of hydrogen-bond acceptors (Lipinski definition) is 1. The molecule has 250 valence electrons. The van der Waals surface area contributed by atoms with Gasteiger partial charge in [0.2, 0.25) is 0 Å². The lowest BCUT2D eigenvalue weighted by molar-refractivity contribution is 0.588. The minimum atomic E-state index is -0.264. The summed E-state index contributed by atoms with van der Waals surface area (Å²) in [6.07, 6.45) is 4.68. The molecule has 0 radical (unpaired) electrons. The molecule has 1 aliphatic carbocycles. The lowest BCUT2D eigenvalue weighted by Gasteiger charge is -2.37. The summed E-state index contributed by atoms with van der Waals surface area (Å²) < 4.78 is 2.41. The van der Waals surface area contributed by atoms with Crippen LogP contribution in [-0.4, -0.2) is 9.55 Å². The Morgan fingerprint density at radius 3 is 2.06 bits per heavy atom. The number of fused-ring (bicyclic) bond motifs is 3. The van der Waals surface area contributed by atoms with Crippen molar-refractivity contribution in [3.63, 3.8) is 0 Å². The molecule has 0 aliphatic heterocycles. The SMILES string of the molecule is CC(C)(C)c1cc2ccc3c4c(ccc(c1)c24)=C(c1ccc(-c2cccnc2)cc1)CC3(C)c1ccc2c(c1)c1ccccc1n2-c1ccccc1. The third kappa shape index (κ3) is 4.60. The quantitative estimate of drug-likeness (QED) is 0.182. The molecule has 7 aromatic carbocycles. The van der Waals surface area contributed by atoms with Gasteiger partial charge in [-0.05, 0) is 114 Å². The van der Waals surface area contributed by atoms with Crippen LogP contribution in [0.15, 0.2) is 158 Å². The molecule has 10 rings (SSSR count). The van der Waals surface area contributed by atoms with Gasteiger partial charge < -0.3 is 4.57 Å². The molecule has 0 N–H and O–H groups in total. The fourth-order valence-corrected chi connectivity index (χ4v) is 8.94. The lowest BCUT2D eigenvalue weighted by Crippen LogP contribution is -2.32. The van der Waals surface area contributed by atoms with Crippen molar-refractivity contribution >= 4 is 48.9 Å². The van der Waals surface area contributed by atoms with E-state index in [9.17, 15) is 0 Å². The summed E-state index contributed by atoms with van der Waals surface area (Å²) in [5.41, 5.74) is 12.6. The Bertz CT molecular complexity index is 2870. The highest BCUT2D eigenvalue weighted by molar-refractivity contribution is 6.14. The van der Waals surface area contributed by atoms with Crippen LogP contribution in [-0.2, 0) is 10.8 Å². The van der Waals surface area contributed by atoms with E-state index in [2.05, 4.69) is 177 Å². The van der Waals surface area contributed by atoms with Crippen molar-refractivity contribution in [2.75, 3.05) is 0 Å². The van der Waals surface area contributed by atoms with E-state index < -0.39 is 0 Å². The van der Waals surface area contributed by atoms with Gasteiger partial charge in [0.05, 0.1) is 11.0 Å². The van der Waals surface area contributed by atoms with Crippen LogP contribution in [0.5, 0.6) is 0 Å². The summed E-state index contributed by atoms with van der Waals surface area (Å²) in [5.74, 6) is 0. The average Bonchev–Trinajstić information content (AvgIpc) is 3.51. The van der Waals surface area contributed by atoms with Crippen molar-refractivity contribution in [3.8, 4) is 16.8 Å². The van der Waals surface area contributed by atoms with E-state index in [1.807, 2.05) is 18.5 Å². The molecule has 9 aromatic rings. The number of hydrogen-bond donors (Lipinski definition) is 0. The highest BCUT2D eigenvalue weighted by Crippen LogP contribution is 2.48. The monoisotopic (exact) mass is 668 g/mol. The largest absolute Gasteiger partial charge is 0.309 e. The lowest BCUT2D eigenvalue weighted by atomic mass is 9.65. The second kappa shape index (κ2) is 11.3. The molecule has 2 nitrogen and oxygen atoms in total. The smallest absolute Gasteiger partial charge is 0.0541 e. The zero-order valence-corrected chi connectivity index (χ0v) is 30.1. The van der Waals surface area contributed by atoms with Crippen LogP contribution in [0.4, 0.5) is 0 Å². The standard InChI is InChI=1S/C50H40N2/c1-49(2,3)38-27-34-20-23-41-43(33-18-16-32(17-19-33)36-11-10-26-51-31-36)30-50(4,44-24-21-35(28-38)47(34)48(41)44)37-22-25-46-42(29-37)40-14-8-9-15-45(40)52(46)39-12-6-5-7-13-39/h5-29,31H,30H2,1-4H3. The first-order valence-electron chi connectivity index (χ1n) is 18.4. The predicted molar refractivity (Wildman–Crippen MR) is 219 cm³/mol. The van der Waals surface area contributed by atoms with Gasteiger partial charge in [-0.15, -0.1) is 0 Å². The van der Waals surface area contributed by atoms with Gasteiger partial charge in [-0.25, -0.2) is 0 Å². The number of aromatic nitrogens is 2. The molecule has 1 aliphatic rings. The van der Waals surface area contributed by atoms with E-state index in [0.717, 1.165) is 12.0 Å². The van der Waals surface area contributed by atoms with Crippen molar-refractivity contribution in [2.45, 2.75) is 44.9 Å². The summed E-state index contributed by atoms with van der Waals surface area (Å²) >= 11 is 0. The van der Waals surface area contributed by atoms with Gasteiger partial charge in [-0.3, -0.25) is 4.98 Å². The summed E-state index contributed by atoms with van der Waals surface area (Å²) in [6, 6.07) is 54.6. The molecule has 2 heterocycles. The van der Waals surface area contributed by atoms with Crippen LogP contribution in [0.1, 0.15) is 56.4 Å². The molecule has 0 saturated carbocycles. The first-order chi connectivity index (χ1) is 25.3. The van der Waals surface area contributed by atoms with Crippen molar-refractivity contribution in [1.82, 2.24) is 9.55 Å². The Hall–Kier alpha value is -5.99. The van der Waals surface area contributed by atoms with Gasteiger partial charge in [0.1, 0.15) is 0 Å². The van der Waals surface area contributed by atoms with Gasteiger partial charge in [-0.1, -0.05) is 137 Å². The van der Waals surface area contributed by atoms with Crippen LogP contribution < -0.4 is 5.22 Å².